The number of Topliss-reactive ketones (excluding diaryl/α,β-unsaturated/α-hetero) is 1. The van der Waals surface area contributed by atoms with Gasteiger partial charge in [-0.25, -0.2) is 0 Å². The van der Waals surface area contributed by atoms with E-state index in [9.17, 15) is 14.4 Å². The molecule has 0 heterocycles. The van der Waals surface area contributed by atoms with E-state index in [1.165, 1.54) is 6.92 Å². The monoisotopic (exact) mass is 428 g/mol. The maximum Gasteiger partial charge on any atom is 0.242 e. The van der Waals surface area contributed by atoms with Crippen LogP contribution in [0.1, 0.15) is 36.0 Å². The van der Waals surface area contributed by atoms with E-state index < -0.39 is 12.0 Å². The number of carbonyl (C=O) groups excluding carboxylic acids is 3. The lowest BCUT2D eigenvalue weighted by molar-refractivity contribution is -0.130. The van der Waals surface area contributed by atoms with Crippen LogP contribution in [0.3, 0.4) is 0 Å². The first-order chi connectivity index (χ1) is 15.5. The molecule has 2 amide bonds. The average molecular weight is 429 g/mol. The second-order valence-electron chi connectivity index (χ2n) is 7.76. The van der Waals surface area contributed by atoms with Crippen molar-refractivity contribution in [1.82, 2.24) is 10.6 Å². The van der Waals surface area contributed by atoms with Crippen LogP contribution < -0.4 is 10.6 Å². The highest BCUT2D eigenvalue weighted by Crippen LogP contribution is 2.25. The standard InChI is InChI=1S/C27H28N2O3/c1-20(30)19-28-26(31)24(18-17-21-11-5-2-6-12-21)29-27(32)25(22-13-7-3-8-14-22)23-15-9-4-10-16-23/h2-16,24-25H,17-19H2,1H3,(H,28,31)(H,29,32). The van der Waals surface area contributed by atoms with Crippen LogP contribution in [0.25, 0.3) is 0 Å². The minimum absolute atomic E-state index is 0.0582. The van der Waals surface area contributed by atoms with Crippen molar-refractivity contribution in [3.8, 4) is 0 Å². The topological polar surface area (TPSA) is 75.3 Å². The maximum absolute atomic E-state index is 13.5. The lowest BCUT2D eigenvalue weighted by atomic mass is 9.90. The Hall–Kier alpha value is -3.73. The lowest BCUT2D eigenvalue weighted by Gasteiger charge is -2.23. The molecule has 0 spiro atoms. The molecule has 0 fully saturated rings. The maximum atomic E-state index is 13.5. The van der Waals surface area contributed by atoms with Gasteiger partial charge in [-0.3, -0.25) is 14.4 Å². The first-order valence-electron chi connectivity index (χ1n) is 10.8. The van der Waals surface area contributed by atoms with Gasteiger partial charge in [0, 0.05) is 0 Å². The van der Waals surface area contributed by atoms with Crippen molar-refractivity contribution >= 4 is 17.6 Å². The number of hydrogen-bond acceptors (Lipinski definition) is 3. The highest BCUT2D eigenvalue weighted by atomic mass is 16.2. The van der Waals surface area contributed by atoms with Gasteiger partial charge in [-0.05, 0) is 36.5 Å². The van der Waals surface area contributed by atoms with Crippen LogP contribution in [0, 0.1) is 0 Å². The predicted molar refractivity (Wildman–Crippen MR) is 125 cm³/mol. The molecule has 0 radical (unpaired) electrons. The quantitative estimate of drug-likeness (QED) is 0.518. The van der Waals surface area contributed by atoms with Crippen molar-refractivity contribution in [2.45, 2.75) is 31.7 Å². The summed E-state index contributed by atoms with van der Waals surface area (Å²) in [6, 6.07) is 28.1. The Bertz CT molecular complexity index is 981. The van der Waals surface area contributed by atoms with Gasteiger partial charge in [-0.2, -0.15) is 0 Å². The van der Waals surface area contributed by atoms with Crippen LogP contribution in [-0.4, -0.2) is 30.2 Å². The Morgan fingerprint density at radius 2 is 1.22 bits per heavy atom. The van der Waals surface area contributed by atoms with Crippen LogP contribution >= 0.6 is 0 Å². The van der Waals surface area contributed by atoms with E-state index in [1.54, 1.807) is 0 Å². The number of carbonyl (C=O) groups is 3. The zero-order chi connectivity index (χ0) is 22.8. The molecule has 0 aliphatic rings. The Morgan fingerprint density at radius 1 is 0.719 bits per heavy atom. The normalized spacial score (nSPS) is 11.6. The molecular formula is C27H28N2O3. The van der Waals surface area contributed by atoms with Crippen molar-refractivity contribution < 1.29 is 14.4 Å². The van der Waals surface area contributed by atoms with Gasteiger partial charge in [-0.1, -0.05) is 91.0 Å². The number of amides is 2. The molecule has 1 atom stereocenters. The van der Waals surface area contributed by atoms with Crippen LogP contribution in [0.15, 0.2) is 91.0 Å². The van der Waals surface area contributed by atoms with Gasteiger partial charge in [0.1, 0.15) is 11.8 Å². The largest absolute Gasteiger partial charge is 0.347 e. The molecule has 0 saturated heterocycles. The summed E-state index contributed by atoms with van der Waals surface area (Å²) in [7, 11) is 0. The highest BCUT2D eigenvalue weighted by Gasteiger charge is 2.27. The van der Waals surface area contributed by atoms with Gasteiger partial charge < -0.3 is 10.6 Å². The van der Waals surface area contributed by atoms with Gasteiger partial charge in [0.05, 0.1) is 12.5 Å². The van der Waals surface area contributed by atoms with E-state index in [4.69, 9.17) is 0 Å². The second kappa shape index (κ2) is 11.6. The van der Waals surface area contributed by atoms with Crippen molar-refractivity contribution in [2.24, 2.45) is 0 Å². The van der Waals surface area contributed by atoms with Gasteiger partial charge in [0.15, 0.2) is 0 Å². The first kappa shape index (κ1) is 22.9. The number of benzene rings is 3. The van der Waals surface area contributed by atoms with E-state index in [0.29, 0.717) is 12.8 Å². The van der Waals surface area contributed by atoms with Gasteiger partial charge in [0.2, 0.25) is 11.8 Å². The summed E-state index contributed by atoms with van der Waals surface area (Å²) >= 11 is 0. The lowest BCUT2D eigenvalue weighted by Crippen LogP contribution is -2.49. The van der Waals surface area contributed by atoms with E-state index in [1.807, 2.05) is 91.0 Å². The van der Waals surface area contributed by atoms with E-state index >= 15 is 0 Å². The molecule has 2 N–H and O–H groups in total. The number of hydrogen-bond donors (Lipinski definition) is 2. The zero-order valence-corrected chi connectivity index (χ0v) is 18.2. The Labute approximate surface area is 188 Å². The molecule has 164 valence electrons. The SMILES string of the molecule is CC(=O)CNC(=O)C(CCc1ccccc1)NC(=O)C(c1ccccc1)c1ccccc1. The molecule has 0 saturated carbocycles. The fourth-order valence-electron chi connectivity index (χ4n) is 3.60. The summed E-state index contributed by atoms with van der Waals surface area (Å²) in [4.78, 5) is 37.6. The minimum Gasteiger partial charge on any atom is -0.347 e. The Kier molecular flexibility index (Phi) is 8.32. The molecule has 0 bridgehead atoms. The highest BCUT2D eigenvalue weighted by molar-refractivity contribution is 5.93. The summed E-state index contributed by atoms with van der Waals surface area (Å²) in [6.07, 6.45) is 1.05. The van der Waals surface area contributed by atoms with E-state index in [0.717, 1.165) is 16.7 Å². The zero-order valence-electron chi connectivity index (χ0n) is 18.2. The molecule has 32 heavy (non-hydrogen) atoms. The average Bonchev–Trinajstić information content (AvgIpc) is 2.82. The molecule has 0 aliphatic carbocycles. The molecular weight excluding hydrogens is 400 g/mol. The molecule has 5 heteroatoms. The van der Waals surface area contributed by atoms with Crippen molar-refractivity contribution in [1.29, 1.82) is 0 Å². The molecule has 0 aromatic heterocycles. The van der Waals surface area contributed by atoms with Gasteiger partial charge >= 0.3 is 0 Å². The van der Waals surface area contributed by atoms with E-state index in [2.05, 4.69) is 10.6 Å². The van der Waals surface area contributed by atoms with Gasteiger partial charge in [0.25, 0.3) is 0 Å². The van der Waals surface area contributed by atoms with Crippen molar-refractivity contribution in [2.75, 3.05) is 6.54 Å². The third kappa shape index (κ3) is 6.64. The van der Waals surface area contributed by atoms with Crippen LogP contribution in [0.5, 0.6) is 0 Å². The fourth-order valence-corrected chi connectivity index (χ4v) is 3.60. The summed E-state index contributed by atoms with van der Waals surface area (Å²) < 4.78 is 0. The van der Waals surface area contributed by atoms with Gasteiger partial charge in [-0.15, -0.1) is 0 Å². The number of rotatable bonds is 10. The van der Waals surface area contributed by atoms with Crippen molar-refractivity contribution in [3.05, 3.63) is 108 Å². The first-order valence-corrected chi connectivity index (χ1v) is 10.8. The predicted octanol–water partition coefficient (Wildman–Crippen LogP) is 3.64. The summed E-state index contributed by atoms with van der Waals surface area (Å²) in [6.45, 7) is 1.36. The molecule has 3 aromatic carbocycles. The summed E-state index contributed by atoms with van der Waals surface area (Å²) in [5, 5.41) is 5.58. The van der Waals surface area contributed by atoms with Crippen LogP contribution in [-0.2, 0) is 20.8 Å². The molecule has 3 rings (SSSR count). The molecule has 5 nitrogen and oxygen atoms in total. The number of nitrogens with one attached hydrogen (secondary N) is 2. The smallest absolute Gasteiger partial charge is 0.242 e. The Morgan fingerprint density at radius 3 is 1.72 bits per heavy atom. The minimum atomic E-state index is -0.753. The fraction of sp³-hybridized carbons (Fsp3) is 0.222. The third-order valence-electron chi connectivity index (χ3n) is 5.24. The second-order valence-corrected chi connectivity index (χ2v) is 7.76. The molecule has 0 aliphatic heterocycles. The molecule has 3 aromatic rings. The number of ketones is 1. The Balaban J connectivity index is 1.81. The van der Waals surface area contributed by atoms with E-state index in [-0.39, 0.29) is 24.1 Å². The number of aryl methyl sites for hydroxylation is 1. The summed E-state index contributed by atoms with van der Waals surface area (Å²) in [5.41, 5.74) is 2.78. The van der Waals surface area contributed by atoms with Crippen molar-refractivity contribution in [3.63, 3.8) is 0 Å². The summed E-state index contributed by atoms with van der Waals surface area (Å²) in [5.74, 6) is -1.29. The molecule has 1 unspecified atom stereocenters. The third-order valence-corrected chi connectivity index (χ3v) is 5.24. The van der Waals surface area contributed by atoms with Crippen LogP contribution in [0.2, 0.25) is 0 Å². The van der Waals surface area contributed by atoms with Crippen LogP contribution in [0.4, 0.5) is 0 Å².